The summed E-state index contributed by atoms with van der Waals surface area (Å²) in [7, 11) is 1.75. The van der Waals surface area contributed by atoms with Crippen LogP contribution in [0.4, 0.5) is 0 Å². The van der Waals surface area contributed by atoms with E-state index in [0.29, 0.717) is 5.92 Å². The number of halogens is 1. The van der Waals surface area contributed by atoms with Gasteiger partial charge in [0.05, 0.1) is 6.61 Å². The number of carbonyl (C=O) groups is 1. The molecule has 0 radical (unpaired) electrons. The van der Waals surface area contributed by atoms with Gasteiger partial charge < -0.3 is 19.9 Å². The van der Waals surface area contributed by atoms with Gasteiger partial charge in [-0.1, -0.05) is 0 Å². The minimum absolute atomic E-state index is 0. The second-order valence-electron chi connectivity index (χ2n) is 5.81. The molecule has 0 aromatic rings. The molecule has 0 aliphatic carbocycles. The van der Waals surface area contributed by atoms with Gasteiger partial charge in [0.1, 0.15) is 6.54 Å². The maximum absolute atomic E-state index is 12.1. The molecule has 22 heavy (non-hydrogen) atoms. The van der Waals surface area contributed by atoms with Crippen LogP contribution in [0.1, 0.15) is 26.2 Å². The lowest BCUT2D eigenvalue weighted by molar-refractivity contribution is -0.128. The Morgan fingerprint density at radius 2 is 2.00 bits per heavy atom. The Bertz CT molecular complexity index is 373. The average Bonchev–Trinajstić information content (AvgIpc) is 3.14. The van der Waals surface area contributed by atoms with E-state index < -0.39 is 0 Å². The van der Waals surface area contributed by atoms with Crippen LogP contribution >= 0.6 is 24.0 Å². The van der Waals surface area contributed by atoms with Crippen molar-refractivity contribution in [2.24, 2.45) is 10.9 Å². The molecule has 6 nitrogen and oxygen atoms in total. The summed E-state index contributed by atoms with van der Waals surface area (Å²) < 4.78 is 5.23. The summed E-state index contributed by atoms with van der Waals surface area (Å²) >= 11 is 0. The molecule has 0 spiro atoms. The number of ether oxygens (including phenoxy) is 1. The summed E-state index contributed by atoms with van der Waals surface area (Å²) in [6.07, 6.45) is 3.37. The van der Waals surface area contributed by atoms with Gasteiger partial charge in [-0.3, -0.25) is 4.79 Å². The summed E-state index contributed by atoms with van der Waals surface area (Å²) in [4.78, 5) is 20.8. The van der Waals surface area contributed by atoms with Crippen LogP contribution in [0.25, 0.3) is 0 Å². The number of amides is 1. The molecule has 0 aromatic carbocycles. The Balaban J connectivity index is 0.00000242. The van der Waals surface area contributed by atoms with Crippen molar-refractivity contribution in [1.29, 1.82) is 0 Å². The van der Waals surface area contributed by atoms with Crippen LogP contribution < -0.4 is 5.32 Å². The molecular formula is C15H29IN4O2. The SMILES string of the molecule is CCNC(=NCC(=O)N1CCCC1)N1CCC(COC)C1.I. The number of guanidine groups is 1. The molecule has 0 aromatic heterocycles. The van der Waals surface area contributed by atoms with Crippen LogP contribution in [-0.4, -0.2) is 74.7 Å². The van der Waals surface area contributed by atoms with E-state index in [-0.39, 0.29) is 36.4 Å². The maximum atomic E-state index is 12.1. The molecule has 1 unspecified atom stereocenters. The van der Waals surface area contributed by atoms with Gasteiger partial charge in [0.2, 0.25) is 5.91 Å². The average molecular weight is 424 g/mol. The van der Waals surface area contributed by atoms with E-state index in [1.807, 2.05) is 4.90 Å². The zero-order valence-electron chi connectivity index (χ0n) is 13.7. The van der Waals surface area contributed by atoms with Crippen LogP contribution in [0.5, 0.6) is 0 Å². The van der Waals surface area contributed by atoms with E-state index in [1.54, 1.807) is 7.11 Å². The highest BCUT2D eigenvalue weighted by molar-refractivity contribution is 14.0. The number of methoxy groups -OCH3 is 1. The number of nitrogens with zero attached hydrogens (tertiary/aromatic N) is 3. The zero-order chi connectivity index (χ0) is 15.1. The van der Waals surface area contributed by atoms with Crippen LogP contribution in [0.3, 0.4) is 0 Å². The molecule has 1 amide bonds. The van der Waals surface area contributed by atoms with Gasteiger partial charge in [-0.25, -0.2) is 4.99 Å². The maximum Gasteiger partial charge on any atom is 0.244 e. The predicted molar refractivity (Wildman–Crippen MR) is 98.8 cm³/mol. The standard InChI is InChI=1S/C15H28N4O2.HI/c1-3-16-15(19-9-6-13(11-19)12-21-2)17-10-14(20)18-7-4-5-8-18;/h13H,3-12H2,1-2H3,(H,16,17);1H. The first-order valence-electron chi connectivity index (χ1n) is 8.04. The van der Waals surface area contributed by atoms with Crippen molar-refractivity contribution in [2.75, 3.05) is 53.0 Å². The first-order chi connectivity index (χ1) is 10.2. The summed E-state index contributed by atoms with van der Waals surface area (Å²) in [5, 5.41) is 3.30. The molecule has 2 fully saturated rings. The van der Waals surface area contributed by atoms with Crippen LogP contribution in [0.2, 0.25) is 0 Å². The molecule has 1 N–H and O–H groups in total. The summed E-state index contributed by atoms with van der Waals surface area (Å²) in [5.41, 5.74) is 0. The molecule has 0 saturated carbocycles. The first-order valence-corrected chi connectivity index (χ1v) is 8.04. The lowest BCUT2D eigenvalue weighted by Crippen LogP contribution is -2.41. The second-order valence-corrected chi connectivity index (χ2v) is 5.81. The topological polar surface area (TPSA) is 57.2 Å². The third kappa shape index (κ3) is 5.57. The van der Waals surface area contributed by atoms with Crippen molar-refractivity contribution >= 4 is 35.8 Å². The molecule has 2 saturated heterocycles. The van der Waals surface area contributed by atoms with Crippen molar-refractivity contribution in [3.05, 3.63) is 0 Å². The molecule has 2 rings (SSSR count). The van der Waals surface area contributed by atoms with Gasteiger partial charge in [0.25, 0.3) is 0 Å². The fraction of sp³-hybridized carbons (Fsp3) is 0.867. The monoisotopic (exact) mass is 424 g/mol. The fourth-order valence-corrected chi connectivity index (χ4v) is 3.03. The van der Waals surface area contributed by atoms with E-state index in [2.05, 4.69) is 22.1 Å². The molecule has 7 heteroatoms. The highest BCUT2D eigenvalue weighted by atomic mass is 127. The third-order valence-electron chi connectivity index (χ3n) is 4.15. The van der Waals surface area contributed by atoms with Crippen molar-refractivity contribution in [1.82, 2.24) is 15.1 Å². The molecular weight excluding hydrogens is 395 g/mol. The first kappa shape index (κ1) is 19.5. The predicted octanol–water partition coefficient (Wildman–Crippen LogP) is 1.16. The number of hydrogen-bond donors (Lipinski definition) is 1. The van der Waals surface area contributed by atoms with Crippen molar-refractivity contribution in [3.8, 4) is 0 Å². The largest absolute Gasteiger partial charge is 0.384 e. The summed E-state index contributed by atoms with van der Waals surface area (Å²) in [6.45, 7) is 7.66. The molecule has 0 bridgehead atoms. The summed E-state index contributed by atoms with van der Waals surface area (Å²) in [5.74, 6) is 1.58. The quantitative estimate of drug-likeness (QED) is 0.409. The Kier molecular flexibility index (Phi) is 9.08. The Hall–Kier alpha value is -0.570. The Morgan fingerprint density at radius 1 is 1.27 bits per heavy atom. The van der Waals surface area contributed by atoms with Gasteiger partial charge in [-0.05, 0) is 26.2 Å². The van der Waals surface area contributed by atoms with Gasteiger partial charge in [-0.15, -0.1) is 24.0 Å². The smallest absolute Gasteiger partial charge is 0.244 e. The van der Waals surface area contributed by atoms with Gasteiger partial charge in [-0.2, -0.15) is 0 Å². The van der Waals surface area contributed by atoms with Crippen molar-refractivity contribution < 1.29 is 9.53 Å². The Labute approximate surface area is 150 Å². The number of aliphatic imine (C=N–C) groups is 1. The van der Waals surface area contributed by atoms with E-state index in [4.69, 9.17) is 4.74 Å². The minimum Gasteiger partial charge on any atom is -0.384 e. The molecule has 128 valence electrons. The van der Waals surface area contributed by atoms with Crippen molar-refractivity contribution in [3.63, 3.8) is 0 Å². The number of rotatable bonds is 5. The summed E-state index contributed by atoms with van der Waals surface area (Å²) in [6, 6.07) is 0. The minimum atomic E-state index is 0. The highest BCUT2D eigenvalue weighted by Crippen LogP contribution is 2.16. The highest BCUT2D eigenvalue weighted by Gasteiger charge is 2.25. The number of nitrogens with one attached hydrogen (secondary N) is 1. The number of hydrogen-bond acceptors (Lipinski definition) is 3. The molecule has 1 atom stereocenters. The van der Waals surface area contributed by atoms with Crippen LogP contribution in [-0.2, 0) is 9.53 Å². The van der Waals surface area contributed by atoms with Crippen molar-refractivity contribution in [2.45, 2.75) is 26.2 Å². The van der Waals surface area contributed by atoms with E-state index >= 15 is 0 Å². The van der Waals surface area contributed by atoms with Gasteiger partial charge in [0.15, 0.2) is 5.96 Å². The zero-order valence-corrected chi connectivity index (χ0v) is 16.0. The van der Waals surface area contributed by atoms with E-state index in [0.717, 1.165) is 64.6 Å². The lowest BCUT2D eigenvalue weighted by atomic mass is 10.1. The van der Waals surface area contributed by atoms with Gasteiger partial charge in [0, 0.05) is 45.8 Å². The van der Waals surface area contributed by atoms with Crippen LogP contribution in [0.15, 0.2) is 4.99 Å². The van der Waals surface area contributed by atoms with E-state index in [1.165, 1.54) is 0 Å². The molecule has 2 heterocycles. The molecule has 2 aliphatic rings. The second kappa shape index (κ2) is 10.3. The Morgan fingerprint density at radius 3 is 2.64 bits per heavy atom. The molecule has 2 aliphatic heterocycles. The number of likely N-dealkylation sites (tertiary alicyclic amines) is 2. The normalized spacial score (nSPS) is 21.9. The number of carbonyl (C=O) groups excluding carboxylic acids is 1. The third-order valence-corrected chi connectivity index (χ3v) is 4.15. The fourth-order valence-electron chi connectivity index (χ4n) is 3.03. The van der Waals surface area contributed by atoms with Gasteiger partial charge >= 0.3 is 0 Å². The van der Waals surface area contributed by atoms with Crippen LogP contribution in [0, 0.1) is 5.92 Å². The van der Waals surface area contributed by atoms with E-state index in [9.17, 15) is 4.79 Å². The lowest BCUT2D eigenvalue weighted by Gasteiger charge is -2.22.